The molecule has 17 heavy (non-hydrogen) atoms. The van der Waals surface area contributed by atoms with Crippen molar-refractivity contribution in [3.05, 3.63) is 32.6 Å². The Hall–Kier alpha value is -0.670. The summed E-state index contributed by atoms with van der Waals surface area (Å²) in [5.74, 6) is 0. The summed E-state index contributed by atoms with van der Waals surface area (Å²) in [6.45, 7) is 1.62. The fourth-order valence-corrected chi connectivity index (χ4v) is 2.62. The highest BCUT2D eigenvalue weighted by Gasteiger charge is 2.34. The molecule has 0 spiro atoms. The first-order valence-electron chi connectivity index (χ1n) is 5.24. The number of aliphatic hydroxyl groups is 1. The quantitative estimate of drug-likeness (QED) is 0.577. The Kier molecular flexibility index (Phi) is 3.69. The number of rotatable bonds is 2. The number of ether oxygens (including phenoxy) is 1. The van der Waals surface area contributed by atoms with Crippen LogP contribution in [0.5, 0.6) is 0 Å². The third-order valence-corrected chi connectivity index (χ3v) is 3.68. The van der Waals surface area contributed by atoms with Gasteiger partial charge in [0.2, 0.25) is 0 Å². The number of hydrogen-bond acceptors (Lipinski definition) is 4. The fraction of sp³-hybridized carbons (Fsp3) is 0.600. The summed E-state index contributed by atoms with van der Waals surface area (Å²) in [6, 6.07) is 0. The van der Waals surface area contributed by atoms with Crippen LogP contribution in [0.15, 0.2) is 15.8 Å². The first-order valence-corrected chi connectivity index (χ1v) is 6.77. The van der Waals surface area contributed by atoms with Crippen molar-refractivity contribution < 1.29 is 9.84 Å². The van der Waals surface area contributed by atoms with Gasteiger partial charge in [0.05, 0.1) is 12.2 Å². The zero-order valence-electron chi connectivity index (χ0n) is 9.22. The number of aromatic nitrogens is 2. The molecule has 6 nitrogen and oxygen atoms in total. The number of aryl methyl sites for hydroxylation is 1. The Morgan fingerprint density at radius 2 is 2.35 bits per heavy atom. The molecule has 2 rings (SSSR count). The predicted molar refractivity (Wildman–Crippen MR) is 69.5 cm³/mol. The predicted octanol–water partition coefficient (Wildman–Crippen LogP) is -0.0716. The van der Waals surface area contributed by atoms with Crippen molar-refractivity contribution in [2.24, 2.45) is 0 Å². The molecule has 1 aliphatic heterocycles. The van der Waals surface area contributed by atoms with Gasteiger partial charge in [0.15, 0.2) is 0 Å². The molecule has 0 saturated carbocycles. The maximum absolute atomic E-state index is 11.6. The molecule has 1 unspecified atom stereocenters. The van der Waals surface area contributed by atoms with Crippen LogP contribution < -0.4 is 11.2 Å². The first kappa shape index (κ1) is 12.8. The molecule has 0 aliphatic carbocycles. The van der Waals surface area contributed by atoms with E-state index in [9.17, 15) is 14.7 Å². The third-order valence-electron chi connectivity index (χ3n) is 2.81. The van der Waals surface area contributed by atoms with Gasteiger partial charge in [0, 0.05) is 22.6 Å². The third kappa shape index (κ3) is 2.45. The van der Waals surface area contributed by atoms with E-state index >= 15 is 0 Å². The van der Waals surface area contributed by atoms with Crippen LogP contribution in [0.1, 0.15) is 18.2 Å². The molecule has 2 N–H and O–H groups in total. The number of H-pyrrole nitrogens is 1. The summed E-state index contributed by atoms with van der Waals surface area (Å²) in [4.78, 5) is 25.1. The average molecular weight is 352 g/mol. The monoisotopic (exact) mass is 352 g/mol. The van der Waals surface area contributed by atoms with Crippen molar-refractivity contribution in [1.29, 1.82) is 0 Å². The van der Waals surface area contributed by atoms with Gasteiger partial charge in [-0.2, -0.15) is 0 Å². The highest BCUT2D eigenvalue weighted by atomic mass is 127. The second-order valence-electron chi connectivity index (χ2n) is 4.07. The SMILES string of the molecule is Cc1cn([C@H]2CC(O)[C@@H](CI)O2)c(=O)[nH]c1=O. The molecule has 1 fully saturated rings. The van der Waals surface area contributed by atoms with Crippen LogP contribution in [-0.4, -0.2) is 31.3 Å². The van der Waals surface area contributed by atoms with E-state index in [2.05, 4.69) is 27.6 Å². The Morgan fingerprint density at radius 1 is 1.65 bits per heavy atom. The maximum Gasteiger partial charge on any atom is 0.330 e. The van der Waals surface area contributed by atoms with Crippen molar-refractivity contribution in [3.63, 3.8) is 0 Å². The van der Waals surface area contributed by atoms with Gasteiger partial charge in [-0.25, -0.2) is 4.79 Å². The van der Waals surface area contributed by atoms with E-state index in [1.807, 2.05) is 0 Å². The molecule has 0 aromatic carbocycles. The van der Waals surface area contributed by atoms with Crippen LogP contribution in [-0.2, 0) is 4.74 Å². The van der Waals surface area contributed by atoms with Gasteiger partial charge in [-0.3, -0.25) is 14.3 Å². The maximum atomic E-state index is 11.6. The topological polar surface area (TPSA) is 84.3 Å². The van der Waals surface area contributed by atoms with Gasteiger partial charge in [-0.1, -0.05) is 22.6 Å². The molecule has 2 heterocycles. The normalized spacial score (nSPS) is 28.5. The molecule has 94 valence electrons. The smallest absolute Gasteiger partial charge is 0.330 e. The lowest BCUT2D eigenvalue weighted by Crippen LogP contribution is -2.33. The van der Waals surface area contributed by atoms with Crippen LogP contribution in [0, 0.1) is 6.92 Å². The van der Waals surface area contributed by atoms with Crippen LogP contribution >= 0.6 is 22.6 Å². The molecule has 1 aliphatic rings. The summed E-state index contributed by atoms with van der Waals surface area (Å²) in [5.41, 5.74) is -0.456. The van der Waals surface area contributed by atoms with Gasteiger partial charge >= 0.3 is 5.69 Å². The Labute approximate surface area is 111 Å². The first-order chi connectivity index (χ1) is 8.02. The van der Waals surface area contributed by atoms with Gasteiger partial charge in [0.25, 0.3) is 5.56 Å². The Bertz CT molecular complexity index is 524. The highest BCUT2D eigenvalue weighted by Crippen LogP contribution is 2.28. The highest BCUT2D eigenvalue weighted by molar-refractivity contribution is 14.1. The molecule has 0 amide bonds. The molecule has 1 aromatic heterocycles. The lowest BCUT2D eigenvalue weighted by molar-refractivity contribution is -0.00618. The zero-order valence-corrected chi connectivity index (χ0v) is 11.4. The molecule has 3 atom stereocenters. The van der Waals surface area contributed by atoms with Crippen LogP contribution in [0.2, 0.25) is 0 Å². The minimum atomic E-state index is -0.573. The van der Waals surface area contributed by atoms with E-state index in [0.717, 1.165) is 0 Å². The van der Waals surface area contributed by atoms with Gasteiger partial charge in [-0.15, -0.1) is 0 Å². The van der Waals surface area contributed by atoms with Gasteiger partial charge in [-0.05, 0) is 6.92 Å². The Morgan fingerprint density at radius 3 is 2.94 bits per heavy atom. The second kappa shape index (κ2) is 4.91. The van der Waals surface area contributed by atoms with E-state index in [1.54, 1.807) is 6.92 Å². The number of nitrogens with one attached hydrogen (secondary N) is 1. The van der Waals surface area contributed by atoms with Gasteiger partial charge < -0.3 is 9.84 Å². The zero-order chi connectivity index (χ0) is 12.6. The summed E-state index contributed by atoms with van der Waals surface area (Å²) in [6.07, 6.45) is 0.483. The number of alkyl halides is 1. The molecular weight excluding hydrogens is 339 g/mol. The van der Waals surface area contributed by atoms with Gasteiger partial charge in [0.1, 0.15) is 6.23 Å². The summed E-state index contributed by atoms with van der Waals surface area (Å²) < 4.78 is 7.55. The lowest BCUT2D eigenvalue weighted by atomic mass is 10.2. The minimum absolute atomic E-state index is 0.264. The summed E-state index contributed by atoms with van der Waals surface area (Å²) in [7, 11) is 0. The number of halogens is 1. The largest absolute Gasteiger partial charge is 0.390 e. The van der Waals surface area contributed by atoms with E-state index < -0.39 is 23.6 Å². The number of aliphatic hydroxyl groups excluding tert-OH is 1. The van der Waals surface area contributed by atoms with Crippen molar-refractivity contribution in [1.82, 2.24) is 9.55 Å². The molecule has 7 heteroatoms. The molecule has 0 bridgehead atoms. The van der Waals surface area contributed by atoms with Crippen molar-refractivity contribution in [2.45, 2.75) is 31.8 Å². The fourth-order valence-electron chi connectivity index (χ4n) is 1.82. The van der Waals surface area contributed by atoms with Crippen molar-refractivity contribution in [2.75, 3.05) is 4.43 Å². The van der Waals surface area contributed by atoms with E-state index in [4.69, 9.17) is 4.74 Å². The number of nitrogens with zero attached hydrogens (tertiary/aromatic N) is 1. The molecule has 1 aromatic rings. The van der Waals surface area contributed by atoms with Crippen molar-refractivity contribution in [3.8, 4) is 0 Å². The average Bonchev–Trinajstić information content (AvgIpc) is 2.65. The number of hydrogen-bond donors (Lipinski definition) is 2. The van der Waals surface area contributed by atoms with Crippen LogP contribution in [0.4, 0.5) is 0 Å². The lowest BCUT2D eigenvalue weighted by Gasteiger charge is -2.14. The van der Waals surface area contributed by atoms with Crippen LogP contribution in [0.3, 0.4) is 0 Å². The van der Waals surface area contributed by atoms with Crippen molar-refractivity contribution >= 4 is 22.6 Å². The van der Waals surface area contributed by atoms with E-state index in [0.29, 0.717) is 16.4 Å². The standard InChI is InChI=1S/C10H13IN2O4/c1-5-4-13(10(16)12-9(5)15)8-2-6(14)7(3-11)17-8/h4,6-8,14H,2-3H2,1H3,(H,12,15,16)/t6?,7-,8-/m1/s1. The second-order valence-corrected chi connectivity index (χ2v) is 4.95. The molecule has 1 saturated heterocycles. The Balaban J connectivity index is 2.34. The molecular formula is C10H13IN2O4. The molecule has 0 radical (unpaired) electrons. The summed E-state index contributed by atoms with van der Waals surface area (Å²) in [5, 5.41) is 9.72. The van der Waals surface area contributed by atoms with E-state index in [-0.39, 0.29) is 6.10 Å². The minimum Gasteiger partial charge on any atom is -0.390 e. The summed E-state index contributed by atoms with van der Waals surface area (Å²) >= 11 is 2.12. The van der Waals surface area contributed by atoms with Crippen LogP contribution in [0.25, 0.3) is 0 Å². The van der Waals surface area contributed by atoms with E-state index in [1.165, 1.54) is 10.8 Å². The number of aromatic amines is 1.